The maximum atomic E-state index is 11.6. The number of carbonyl (C=O) groups excluding carboxylic acids is 1. The Kier molecular flexibility index (Phi) is 6.92. The molecule has 1 aromatic carbocycles. The minimum Gasteiger partial charge on any atom is -0.396 e. The first-order valence-corrected chi connectivity index (χ1v) is 6.80. The van der Waals surface area contributed by atoms with E-state index in [1.807, 2.05) is 6.92 Å². The van der Waals surface area contributed by atoms with E-state index >= 15 is 0 Å². The van der Waals surface area contributed by atoms with Crippen LogP contribution in [-0.2, 0) is 4.79 Å². The average Bonchev–Trinajstić information content (AvgIpc) is 2.35. The summed E-state index contributed by atoms with van der Waals surface area (Å²) in [4.78, 5) is 11.6. The van der Waals surface area contributed by atoms with E-state index in [1.54, 1.807) is 24.3 Å². The summed E-state index contributed by atoms with van der Waals surface area (Å²) in [6, 6.07) is 5.10. The van der Waals surface area contributed by atoms with Gasteiger partial charge in [0.05, 0.1) is 0 Å². The van der Waals surface area contributed by atoms with E-state index in [2.05, 4.69) is 5.32 Å². The Morgan fingerprint density at radius 2 is 2.21 bits per heavy atom. The molecule has 19 heavy (non-hydrogen) atoms. The number of rotatable bonds is 6. The number of hydrogen-bond acceptors (Lipinski definition) is 2. The molecule has 2 N–H and O–H groups in total. The van der Waals surface area contributed by atoms with Crippen LogP contribution in [0.2, 0.25) is 10.0 Å². The number of aliphatic hydroxyl groups is 1. The van der Waals surface area contributed by atoms with Crippen LogP contribution >= 0.6 is 23.2 Å². The molecule has 0 aromatic heterocycles. The lowest BCUT2D eigenvalue weighted by Gasteiger charge is -2.09. The fourth-order valence-electron chi connectivity index (χ4n) is 1.46. The van der Waals surface area contributed by atoms with E-state index in [1.165, 1.54) is 6.08 Å². The molecule has 0 aliphatic rings. The van der Waals surface area contributed by atoms with Crippen LogP contribution in [0.25, 0.3) is 6.08 Å². The summed E-state index contributed by atoms with van der Waals surface area (Å²) >= 11 is 11.8. The van der Waals surface area contributed by atoms with Gasteiger partial charge in [-0.3, -0.25) is 4.79 Å². The molecule has 1 unspecified atom stereocenters. The van der Waals surface area contributed by atoms with Gasteiger partial charge in [-0.15, -0.1) is 0 Å². The lowest BCUT2D eigenvalue weighted by atomic mass is 10.1. The number of aliphatic hydroxyl groups excluding tert-OH is 1. The molecule has 0 saturated carbocycles. The van der Waals surface area contributed by atoms with Gasteiger partial charge >= 0.3 is 0 Å². The van der Waals surface area contributed by atoms with Crippen molar-refractivity contribution in [3.63, 3.8) is 0 Å². The van der Waals surface area contributed by atoms with Crippen molar-refractivity contribution in [3.8, 4) is 0 Å². The van der Waals surface area contributed by atoms with Crippen molar-refractivity contribution < 1.29 is 9.90 Å². The van der Waals surface area contributed by atoms with Gasteiger partial charge < -0.3 is 10.4 Å². The van der Waals surface area contributed by atoms with Crippen molar-refractivity contribution in [2.24, 2.45) is 5.92 Å². The average molecular weight is 302 g/mol. The molecule has 1 rings (SSSR count). The third kappa shape index (κ3) is 6.10. The Labute approximate surface area is 123 Å². The SMILES string of the molecule is CC(CCO)CNC(=O)C=Cc1ccc(Cl)cc1Cl. The highest BCUT2D eigenvalue weighted by Gasteiger charge is 2.03. The fourth-order valence-corrected chi connectivity index (χ4v) is 1.93. The van der Waals surface area contributed by atoms with Crippen molar-refractivity contribution >= 4 is 35.2 Å². The van der Waals surface area contributed by atoms with Gasteiger partial charge in [0, 0.05) is 29.3 Å². The summed E-state index contributed by atoms with van der Waals surface area (Å²) in [5.74, 6) is 0.0669. The molecule has 0 spiro atoms. The number of nitrogens with one attached hydrogen (secondary N) is 1. The highest BCUT2D eigenvalue weighted by Crippen LogP contribution is 2.21. The Hall–Kier alpha value is -1.03. The van der Waals surface area contributed by atoms with Crippen LogP contribution in [0.3, 0.4) is 0 Å². The predicted molar refractivity (Wildman–Crippen MR) is 79.4 cm³/mol. The van der Waals surface area contributed by atoms with Crippen molar-refractivity contribution in [1.82, 2.24) is 5.32 Å². The summed E-state index contributed by atoms with van der Waals surface area (Å²) in [5, 5.41) is 12.6. The van der Waals surface area contributed by atoms with Crippen LogP contribution in [0.4, 0.5) is 0 Å². The van der Waals surface area contributed by atoms with Gasteiger partial charge in [-0.25, -0.2) is 0 Å². The molecule has 0 radical (unpaired) electrons. The quantitative estimate of drug-likeness (QED) is 0.793. The molecule has 0 heterocycles. The molecule has 3 nitrogen and oxygen atoms in total. The molecule has 1 amide bonds. The van der Waals surface area contributed by atoms with Crippen LogP contribution in [-0.4, -0.2) is 24.2 Å². The van der Waals surface area contributed by atoms with E-state index in [-0.39, 0.29) is 18.4 Å². The van der Waals surface area contributed by atoms with Crippen molar-refractivity contribution in [1.29, 1.82) is 0 Å². The van der Waals surface area contributed by atoms with Crippen LogP contribution in [0.5, 0.6) is 0 Å². The second-order valence-corrected chi connectivity index (χ2v) is 5.21. The van der Waals surface area contributed by atoms with Crippen molar-refractivity contribution in [3.05, 3.63) is 39.9 Å². The van der Waals surface area contributed by atoms with Crippen LogP contribution in [0, 0.1) is 5.92 Å². The van der Waals surface area contributed by atoms with Gasteiger partial charge in [0.25, 0.3) is 0 Å². The molecular formula is C14H17Cl2NO2. The number of benzene rings is 1. The van der Waals surface area contributed by atoms with Crippen LogP contribution in [0.15, 0.2) is 24.3 Å². The molecular weight excluding hydrogens is 285 g/mol. The molecule has 0 aliphatic heterocycles. The van der Waals surface area contributed by atoms with Gasteiger partial charge in [0.1, 0.15) is 0 Å². The summed E-state index contributed by atoms with van der Waals surface area (Å²) in [6.07, 6.45) is 3.75. The van der Waals surface area contributed by atoms with Crippen LogP contribution in [0.1, 0.15) is 18.9 Å². The lowest BCUT2D eigenvalue weighted by Crippen LogP contribution is -2.26. The number of halogens is 2. The van der Waals surface area contributed by atoms with E-state index in [0.717, 1.165) is 5.56 Å². The Morgan fingerprint density at radius 1 is 1.47 bits per heavy atom. The fraction of sp³-hybridized carbons (Fsp3) is 0.357. The van der Waals surface area contributed by atoms with Gasteiger partial charge in [-0.05, 0) is 36.1 Å². The predicted octanol–water partition coefficient (Wildman–Crippen LogP) is 3.14. The first-order valence-electron chi connectivity index (χ1n) is 6.04. The van der Waals surface area contributed by atoms with E-state index in [4.69, 9.17) is 28.3 Å². The van der Waals surface area contributed by atoms with E-state index in [9.17, 15) is 4.79 Å². The summed E-state index contributed by atoms with van der Waals surface area (Å²) in [6.45, 7) is 2.64. The number of hydrogen-bond donors (Lipinski definition) is 2. The zero-order valence-corrected chi connectivity index (χ0v) is 12.2. The minimum atomic E-state index is -0.184. The van der Waals surface area contributed by atoms with Gasteiger partial charge in [-0.1, -0.05) is 36.2 Å². The second-order valence-electron chi connectivity index (χ2n) is 4.36. The van der Waals surface area contributed by atoms with Gasteiger partial charge in [0.2, 0.25) is 5.91 Å². The van der Waals surface area contributed by atoms with Crippen LogP contribution < -0.4 is 5.32 Å². The highest BCUT2D eigenvalue weighted by molar-refractivity contribution is 6.35. The molecule has 5 heteroatoms. The molecule has 104 valence electrons. The van der Waals surface area contributed by atoms with Crippen molar-refractivity contribution in [2.75, 3.05) is 13.2 Å². The first-order chi connectivity index (χ1) is 9.02. The summed E-state index contributed by atoms with van der Waals surface area (Å²) in [5.41, 5.74) is 0.740. The van der Waals surface area contributed by atoms with Crippen molar-refractivity contribution in [2.45, 2.75) is 13.3 Å². The topological polar surface area (TPSA) is 49.3 Å². The summed E-state index contributed by atoms with van der Waals surface area (Å²) in [7, 11) is 0. The highest BCUT2D eigenvalue weighted by atomic mass is 35.5. The Morgan fingerprint density at radius 3 is 2.84 bits per heavy atom. The monoisotopic (exact) mass is 301 g/mol. The second kappa shape index (κ2) is 8.20. The third-order valence-corrected chi connectivity index (χ3v) is 3.19. The maximum absolute atomic E-state index is 11.6. The largest absolute Gasteiger partial charge is 0.396 e. The standard InChI is InChI=1S/C14H17Cl2NO2/c1-10(6-7-18)9-17-14(19)5-3-11-2-4-12(15)8-13(11)16/h2-5,8,10,18H,6-7,9H2,1H3,(H,17,19). The maximum Gasteiger partial charge on any atom is 0.244 e. The minimum absolute atomic E-state index is 0.132. The normalized spacial score (nSPS) is 12.6. The summed E-state index contributed by atoms with van der Waals surface area (Å²) < 4.78 is 0. The molecule has 0 bridgehead atoms. The molecule has 1 aromatic rings. The smallest absolute Gasteiger partial charge is 0.244 e. The zero-order chi connectivity index (χ0) is 14.3. The zero-order valence-electron chi connectivity index (χ0n) is 10.7. The molecule has 0 aliphatic carbocycles. The Balaban J connectivity index is 2.49. The lowest BCUT2D eigenvalue weighted by molar-refractivity contribution is -0.116. The van der Waals surface area contributed by atoms with Gasteiger partial charge in [-0.2, -0.15) is 0 Å². The van der Waals surface area contributed by atoms with E-state index < -0.39 is 0 Å². The molecule has 0 fully saturated rings. The first kappa shape index (κ1) is 16.0. The number of amides is 1. The molecule has 1 atom stereocenters. The Bertz CT molecular complexity index is 461. The molecule has 0 saturated heterocycles. The van der Waals surface area contributed by atoms with E-state index in [0.29, 0.717) is 23.0 Å². The number of carbonyl (C=O) groups is 1. The van der Waals surface area contributed by atoms with Gasteiger partial charge in [0.15, 0.2) is 0 Å². The third-order valence-electron chi connectivity index (χ3n) is 2.62.